The molecular formula is C12H19N3O3. The van der Waals surface area contributed by atoms with Gasteiger partial charge in [-0.3, -0.25) is 9.48 Å². The van der Waals surface area contributed by atoms with Gasteiger partial charge in [0.05, 0.1) is 12.8 Å². The number of rotatable bonds is 5. The van der Waals surface area contributed by atoms with Crippen molar-refractivity contribution in [3.05, 3.63) is 11.9 Å². The molecule has 0 aliphatic rings. The number of nitrogens with one attached hydrogen (secondary N) is 1. The second-order valence-corrected chi connectivity index (χ2v) is 4.06. The van der Waals surface area contributed by atoms with Crippen LogP contribution in [0.25, 0.3) is 0 Å². The van der Waals surface area contributed by atoms with Crippen LogP contribution in [-0.4, -0.2) is 28.8 Å². The first-order valence-corrected chi connectivity index (χ1v) is 5.96. The molecule has 0 atom stereocenters. The number of carbonyl (C=O) groups excluding carboxylic acids is 2. The summed E-state index contributed by atoms with van der Waals surface area (Å²) < 4.78 is 6.09. The molecule has 0 unspecified atom stereocenters. The molecule has 0 aromatic carbocycles. The normalized spacial score (nSPS) is 10.5. The molecule has 0 fully saturated rings. The number of anilines is 1. The molecule has 18 heavy (non-hydrogen) atoms. The van der Waals surface area contributed by atoms with Gasteiger partial charge >= 0.3 is 5.97 Å². The van der Waals surface area contributed by atoms with Gasteiger partial charge in [-0.2, -0.15) is 5.10 Å². The third-order valence-corrected chi connectivity index (χ3v) is 2.82. The molecule has 0 saturated carbocycles. The Morgan fingerprint density at radius 2 is 2.06 bits per heavy atom. The molecule has 0 radical (unpaired) electrons. The monoisotopic (exact) mass is 253 g/mol. The first-order chi connectivity index (χ1) is 8.53. The number of hydrogen-bond donors (Lipinski definition) is 1. The topological polar surface area (TPSA) is 73.2 Å². The molecule has 1 rings (SSSR count). The van der Waals surface area contributed by atoms with Crippen LogP contribution in [0.3, 0.4) is 0 Å². The van der Waals surface area contributed by atoms with E-state index in [0.29, 0.717) is 5.69 Å². The molecule has 6 nitrogen and oxygen atoms in total. The fourth-order valence-corrected chi connectivity index (χ4v) is 1.72. The summed E-state index contributed by atoms with van der Waals surface area (Å²) in [7, 11) is 2.96. The Morgan fingerprint density at radius 3 is 2.56 bits per heavy atom. The van der Waals surface area contributed by atoms with Crippen LogP contribution in [0.5, 0.6) is 0 Å². The van der Waals surface area contributed by atoms with Gasteiger partial charge in [-0.15, -0.1) is 0 Å². The van der Waals surface area contributed by atoms with Crippen LogP contribution in [0.1, 0.15) is 37.2 Å². The molecule has 1 heterocycles. The maximum absolute atomic E-state index is 11.9. The van der Waals surface area contributed by atoms with Crippen molar-refractivity contribution in [2.45, 2.75) is 26.7 Å². The largest absolute Gasteiger partial charge is 0.464 e. The average molecular weight is 253 g/mol. The number of aryl methyl sites for hydroxylation is 1. The number of amides is 1. The molecule has 0 spiro atoms. The van der Waals surface area contributed by atoms with Gasteiger partial charge in [-0.05, 0) is 12.8 Å². The SMILES string of the molecule is CCC(CC)C(=O)Nc1cn(C)nc1C(=O)OC. The van der Waals surface area contributed by atoms with Gasteiger partial charge in [-0.1, -0.05) is 13.8 Å². The lowest BCUT2D eigenvalue weighted by Gasteiger charge is -2.11. The van der Waals surface area contributed by atoms with E-state index < -0.39 is 5.97 Å². The number of aromatic nitrogens is 2. The van der Waals surface area contributed by atoms with Crippen LogP contribution >= 0.6 is 0 Å². The Hall–Kier alpha value is -1.85. The summed E-state index contributed by atoms with van der Waals surface area (Å²) in [5.74, 6) is -0.718. The van der Waals surface area contributed by atoms with E-state index in [1.165, 1.54) is 11.8 Å². The first-order valence-electron chi connectivity index (χ1n) is 5.96. The van der Waals surface area contributed by atoms with Crippen molar-refractivity contribution in [3.8, 4) is 0 Å². The second-order valence-electron chi connectivity index (χ2n) is 4.06. The Balaban J connectivity index is 2.90. The average Bonchev–Trinajstić information content (AvgIpc) is 2.70. The zero-order chi connectivity index (χ0) is 13.7. The number of nitrogens with zero attached hydrogens (tertiary/aromatic N) is 2. The van der Waals surface area contributed by atoms with E-state index in [4.69, 9.17) is 0 Å². The lowest BCUT2D eigenvalue weighted by atomic mass is 10.0. The van der Waals surface area contributed by atoms with Crippen LogP contribution in [0.15, 0.2) is 6.20 Å². The highest BCUT2D eigenvalue weighted by Crippen LogP contribution is 2.17. The van der Waals surface area contributed by atoms with Gasteiger partial charge in [0.15, 0.2) is 5.69 Å². The first kappa shape index (κ1) is 14.2. The number of ether oxygens (including phenoxy) is 1. The summed E-state index contributed by atoms with van der Waals surface area (Å²) in [6.07, 6.45) is 3.11. The highest BCUT2D eigenvalue weighted by molar-refractivity contribution is 6.00. The number of hydrogen-bond acceptors (Lipinski definition) is 4. The zero-order valence-corrected chi connectivity index (χ0v) is 11.2. The summed E-state index contributed by atoms with van der Waals surface area (Å²) >= 11 is 0. The van der Waals surface area contributed by atoms with Gasteiger partial charge in [-0.25, -0.2) is 4.79 Å². The van der Waals surface area contributed by atoms with E-state index in [2.05, 4.69) is 15.2 Å². The van der Waals surface area contributed by atoms with Gasteiger partial charge in [0, 0.05) is 19.2 Å². The minimum atomic E-state index is -0.560. The molecule has 1 N–H and O–H groups in total. The minimum Gasteiger partial charge on any atom is -0.464 e. The van der Waals surface area contributed by atoms with Crippen molar-refractivity contribution in [1.82, 2.24) is 9.78 Å². The second kappa shape index (κ2) is 6.18. The molecule has 1 aromatic rings. The van der Waals surface area contributed by atoms with E-state index >= 15 is 0 Å². The van der Waals surface area contributed by atoms with Gasteiger partial charge in [0.25, 0.3) is 0 Å². The summed E-state index contributed by atoms with van der Waals surface area (Å²) in [6, 6.07) is 0. The van der Waals surface area contributed by atoms with Crippen LogP contribution in [0, 0.1) is 5.92 Å². The molecule has 0 bridgehead atoms. The summed E-state index contributed by atoms with van der Waals surface area (Å²) in [6.45, 7) is 3.91. The van der Waals surface area contributed by atoms with Crippen LogP contribution in [0.2, 0.25) is 0 Å². The maximum Gasteiger partial charge on any atom is 0.360 e. The van der Waals surface area contributed by atoms with E-state index in [0.717, 1.165) is 12.8 Å². The van der Waals surface area contributed by atoms with Crippen molar-refractivity contribution in [2.75, 3.05) is 12.4 Å². The van der Waals surface area contributed by atoms with Gasteiger partial charge in [0.2, 0.25) is 5.91 Å². The molecular weight excluding hydrogens is 234 g/mol. The highest BCUT2D eigenvalue weighted by Gasteiger charge is 2.21. The van der Waals surface area contributed by atoms with Crippen molar-refractivity contribution in [2.24, 2.45) is 13.0 Å². The third-order valence-electron chi connectivity index (χ3n) is 2.82. The molecule has 0 aliphatic carbocycles. The Labute approximate surface area is 106 Å². The summed E-state index contributed by atoms with van der Waals surface area (Å²) in [4.78, 5) is 23.4. The van der Waals surface area contributed by atoms with Crippen molar-refractivity contribution < 1.29 is 14.3 Å². The van der Waals surface area contributed by atoms with E-state index in [-0.39, 0.29) is 17.5 Å². The lowest BCUT2D eigenvalue weighted by molar-refractivity contribution is -0.120. The van der Waals surface area contributed by atoms with Crippen molar-refractivity contribution in [1.29, 1.82) is 0 Å². The molecule has 0 aliphatic heterocycles. The van der Waals surface area contributed by atoms with E-state index in [1.54, 1.807) is 13.2 Å². The predicted octanol–water partition coefficient (Wildman–Crippen LogP) is 1.58. The maximum atomic E-state index is 11.9. The molecule has 1 amide bonds. The van der Waals surface area contributed by atoms with Gasteiger partial charge in [0.1, 0.15) is 0 Å². The van der Waals surface area contributed by atoms with Crippen LogP contribution < -0.4 is 5.32 Å². The molecule has 0 saturated heterocycles. The zero-order valence-electron chi connectivity index (χ0n) is 11.2. The quantitative estimate of drug-likeness (QED) is 0.808. The van der Waals surface area contributed by atoms with Crippen molar-refractivity contribution in [3.63, 3.8) is 0 Å². The molecule has 1 aromatic heterocycles. The van der Waals surface area contributed by atoms with Gasteiger partial charge < -0.3 is 10.1 Å². The molecule has 100 valence electrons. The lowest BCUT2D eigenvalue weighted by Crippen LogP contribution is -2.22. The number of esters is 1. The molecule has 6 heteroatoms. The Kier molecular flexibility index (Phi) is 4.88. The van der Waals surface area contributed by atoms with Crippen LogP contribution in [0.4, 0.5) is 5.69 Å². The van der Waals surface area contributed by atoms with Crippen molar-refractivity contribution >= 4 is 17.6 Å². The highest BCUT2D eigenvalue weighted by atomic mass is 16.5. The van der Waals surface area contributed by atoms with E-state index in [1.807, 2.05) is 13.8 Å². The summed E-state index contributed by atoms with van der Waals surface area (Å²) in [5.41, 5.74) is 0.514. The van der Waals surface area contributed by atoms with E-state index in [9.17, 15) is 9.59 Å². The smallest absolute Gasteiger partial charge is 0.360 e. The third kappa shape index (κ3) is 3.09. The Morgan fingerprint density at radius 1 is 1.44 bits per heavy atom. The number of methoxy groups -OCH3 is 1. The Bertz CT molecular complexity index is 436. The predicted molar refractivity (Wildman–Crippen MR) is 67.2 cm³/mol. The van der Waals surface area contributed by atoms with Crippen LogP contribution in [-0.2, 0) is 16.6 Å². The number of carbonyl (C=O) groups is 2. The minimum absolute atomic E-state index is 0.0595. The fourth-order valence-electron chi connectivity index (χ4n) is 1.72. The summed E-state index contributed by atoms with van der Waals surface area (Å²) in [5, 5.41) is 6.70. The fraction of sp³-hybridized carbons (Fsp3) is 0.583. The standard InChI is InChI=1S/C12H19N3O3/c1-5-8(6-2)11(16)13-9-7-15(3)14-10(9)12(17)18-4/h7-8H,5-6H2,1-4H3,(H,13,16).